The van der Waals surface area contributed by atoms with Crippen molar-refractivity contribution in [1.82, 2.24) is 10.2 Å². The third-order valence-corrected chi connectivity index (χ3v) is 4.92. The molecule has 0 fully saturated rings. The third kappa shape index (κ3) is 4.41. The van der Waals surface area contributed by atoms with Crippen LogP contribution in [-0.4, -0.2) is 36.8 Å². The van der Waals surface area contributed by atoms with Gasteiger partial charge in [0.15, 0.2) is 14.9 Å². The van der Waals surface area contributed by atoms with Gasteiger partial charge in [0.05, 0.1) is 11.8 Å². The van der Waals surface area contributed by atoms with Gasteiger partial charge in [0, 0.05) is 18.5 Å². The molecule has 0 saturated heterocycles. The zero-order valence-corrected chi connectivity index (χ0v) is 13.2. The molecule has 1 aliphatic heterocycles. The van der Waals surface area contributed by atoms with Crippen molar-refractivity contribution < 1.29 is 8.42 Å². The quantitative estimate of drug-likeness (QED) is 0.662. The number of sulfone groups is 1. The van der Waals surface area contributed by atoms with E-state index >= 15 is 0 Å². The van der Waals surface area contributed by atoms with E-state index in [2.05, 4.69) is 11.9 Å². The molecule has 0 aliphatic carbocycles. The standard InChI is InChI=1S/C15H18N2O2S2/c1-2-9-16-15(20)17(11-13-6-4-3-5-7-13)14-8-10-21(18,19)12-14/h2-8,10,14H,1,9,11-12H2,(H,16,20)/t14-/m0/s1. The zero-order valence-electron chi connectivity index (χ0n) is 11.6. The summed E-state index contributed by atoms with van der Waals surface area (Å²) in [6, 6.07) is 9.61. The molecular formula is C15H18N2O2S2. The van der Waals surface area contributed by atoms with E-state index in [0.717, 1.165) is 5.56 Å². The van der Waals surface area contributed by atoms with Crippen molar-refractivity contribution in [3.05, 3.63) is 60.0 Å². The molecule has 0 spiro atoms. The van der Waals surface area contributed by atoms with Crippen LogP contribution in [0.5, 0.6) is 0 Å². The molecule has 1 heterocycles. The Labute approximate surface area is 131 Å². The van der Waals surface area contributed by atoms with Crippen LogP contribution in [0.2, 0.25) is 0 Å². The summed E-state index contributed by atoms with van der Waals surface area (Å²) in [5, 5.41) is 4.87. The van der Waals surface area contributed by atoms with E-state index in [-0.39, 0.29) is 11.8 Å². The normalized spacial score (nSPS) is 19.1. The minimum Gasteiger partial charge on any atom is -0.359 e. The zero-order chi connectivity index (χ0) is 15.3. The Hall–Kier alpha value is -1.66. The smallest absolute Gasteiger partial charge is 0.173 e. The molecule has 0 radical (unpaired) electrons. The predicted molar refractivity (Wildman–Crippen MR) is 89.5 cm³/mol. The van der Waals surface area contributed by atoms with Crippen LogP contribution in [-0.2, 0) is 16.4 Å². The maximum atomic E-state index is 11.6. The predicted octanol–water partition coefficient (Wildman–Crippen LogP) is 1.86. The molecule has 4 nitrogen and oxygen atoms in total. The van der Waals surface area contributed by atoms with Gasteiger partial charge in [-0.3, -0.25) is 0 Å². The highest BCUT2D eigenvalue weighted by atomic mass is 32.2. The minimum atomic E-state index is -3.12. The lowest BCUT2D eigenvalue weighted by Gasteiger charge is -2.30. The molecule has 0 saturated carbocycles. The summed E-state index contributed by atoms with van der Waals surface area (Å²) >= 11 is 5.39. The summed E-state index contributed by atoms with van der Waals surface area (Å²) < 4.78 is 23.3. The van der Waals surface area contributed by atoms with Gasteiger partial charge < -0.3 is 10.2 Å². The maximum Gasteiger partial charge on any atom is 0.173 e. The molecule has 0 bridgehead atoms. The second-order valence-electron chi connectivity index (χ2n) is 4.81. The fourth-order valence-electron chi connectivity index (χ4n) is 2.13. The van der Waals surface area contributed by atoms with Gasteiger partial charge in [-0.25, -0.2) is 8.42 Å². The summed E-state index contributed by atoms with van der Waals surface area (Å²) in [7, 11) is -3.12. The molecule has 112 valence electrons. The van der Waals surface area contributed by atoms with E-state index in [4.69, 9.17) is 12.2 Å². The summed E-state index contributed by atoms with van der Waals surface area (Å²) in [4.78, 5) is 1.90. The molecule has 1 N–H and O–H groups in total. The average Bonchev–Trinajstić information content (AvgIpc) is 2.83. The van der Waals surface area contributed by atoms with Crippen molar-refractivity contribution >= 4 is 27.2 Å². The van der Waals surface area contributed by atoms with Gasteiger partial charge in [0.2, 0.25) is 0 Å². The van der Waals surface area contributed by atoms with Gasteiger partial charge in [-0.05, 0) is 23.9 Å². The fraction of sp³-hybridized carbons (Fsp3) is 0.267. The van der Waals surface area contributed by atoms with Crippen LogP contribution in [0.4, 0.5) is 0 Å². The lowest BCUT2D eigenvalue weighted by atomic mass is 10.2. The summed E-state index contributed by atoms with van der Waals surface area (Å²) in [6.07, 6.45) is 3.41. The Morgan fingerprint density at radius 3 is 2.71 bits per heavy atom. The highest BCUT2D eigenvalue weighted by molar-refractivity contribution is 7.94. The summed E-state index contributed by atoms with van der Waals surface area (Å²) in [5.41, 5.74) is 1.08. The van der Waals surface area contributed by atoms with Crippen LogP contribution in [0.3, 0.4) is 0 Å². The van der Waals surface area contributed by atoms with Crippen LogP contribution in [0.25, 0.3) is 0 Å². The lowest BCUT2D eigenvalue weighted by Crippen LogP contribution is -2.46. The first kappa shape index (κ1) is 15.7. The molecule has 1 aromatic rings. The van der Waals surface area contributed by atoms with Crippen molar-refractivity contribution in [3.8, 4) is 0 Å². The molecule has 2 rings (SSSR count). The van der Waals surface area contributed by atoms with Crippen molar-refractivity contribution in [3.63, 3.8) is 0 Å². The molecule has 1 atom stereocenters. The van der Waals surface area contributed by atoms with Crippen molar-refractivity contribution in [1.29, 1.82) is 0 Å². The Morgan fingerprint density at radius 2 is 2.14 bits per heavy atom. The fourth-order valence-corrected chi connectivity index (χ4v) is 3.72. The molecular weight excluding hydrogens is 304 g/mol. The number of benzene rings is 1. The monoisotopic (exact) mass is 322 g/mol. The first-order chi connectivity index (χ1) is 10.0. The first-order valence-electron chi connectivity index (χ1n) is 6.62. The van der Waals surface area contributed by atoms with Gasteiger partial charge in [-0.1, -0.05) is 36.4 Å². The van der Waals surface area contributed by atoms with E-state index in [9.17, 15) is 8.42 Å². The van der Waals surface area contributed by atoms with Crippen molar-refractivity contribution in [2.75, 3.05) is 12.3 Å². The second kappa shape index (κ2) is 6.87. The molecule has 1 aliphatic rings. The van der Waals surface area contributed by atoms with Crippen LogP contribution in [0.1, 0.15) is 5.56 Å². The van der Waals surface area contributed by atoms with Crippen LogP contribution >= 0.6 is 12.2 Å². The van der Waals surface area contributed by atoms with Gasteiger partial charge in [0.25, 0.3) is 0 Å². The number of hydrogen-bond donors (Lipinski definition) is 1. The molecule has 0 amide bonds. The Kier molecular flexibility index (Phi) is 5.14. The molecule has 1 aromatic carbocycles. The van der Waals surface area contributed by atoms with E-state index in [1.54, 1.807) is 12.2 Å². The number of rotatable bonds is 5. The largest absolute Gasteiger partial charge is 0.359 e. The lowest BCUT2D eigenvalue weighted by molar-refractivity contribution is 0.370. The van der Waals surface area contributed by atoms with Crippen molar-refractivity contribution in [2.24, 2.45) is 0 Å². The SMILES string of the molecule is C=CCNC(=S)N(Cc1ccccc1)[C@H]1C=CS(=O)(=O)C1. The maximum absolute atomic E-state index is 11.6. The van der Waals surface area contributed by atoms with Gasteiger partial charge in [0.1, 0.15) is 0 Å². The average molecular weight is 322 g/mol. The van der Waals surface area contributed by atoms with Gasteiger partial charge in [-0.15, -0.1) is 6.58 Å². The number of thiocarbonyl (C=S) groups is 1. The van der Waals surface area contributed by atoms with Crippen molar-refractivity contribution in [2.45, 2.75) is 12.6 Å². The van der Waals surface area contributed by atoms with Gasteiger partial charge in [-0.2, -0.15) is 0 Å². The third-order valence-electron chi connectivity index (χ3n) is 3.17. The van der Waals surface area contributed by atoms with E-state index in [1.807, 2.05) is 35.2 Å². The minimum absolute atomic E-state index is 0.0652. The van der Waals surface area contributed by atoms with E-state index in [1.165, 1.54) is 5.41 Å². The van der Waals surface area contributed by atoms with Crippen LogP contribution in [0, 0.1) is 0 Å². The van der Waals surface area contributed by atoms with E-state index < -0.39 is 9.84 Å². The Morgan fingerprint density at radius 1 is 1.43 bits per heavy atom. The molecule has 21 heavy (non-hydrogen) atoms. The highest BCUT2D eigenvalue weighted by Gasteiger charge is 2.28. The molecule has 6 heteroatoms. The van der Waals surface area contributed by atoms with Crippen LogP contribution in [0.15, 0.2) is 54.5 Å². The van der Waals surface area contributed by atoms with E-state index in [0.29, 0.717) is 18.2 Å². The van der Waals surface area contributed by atoms with Crippen LogP contribution < -0.4 is 5.32 Å². The van der Waals surface area contributed by atoms with Gasteiger partial charge >= 0.3 is 0 Å². The first-order valence-corrected chi connectivity index (χ1v) is 8.74. The Balaban J connectivity index is 2.16. The highest BCUT2D eigenvalue weighted by Crippen LogP contribution is 2.17. The molecule has 0 aromatic heterocycles. The number of nitrogens with zero attached hydrogens (tertiary/aromatic N) is 1. The summed E-state index contributed by atoms with van der Waals surface area (Å²) in [6.45, 7) is 4.76. The second-order valence-corrected chi connectivity index (χ2v) is 7.13. The molecule has 0 unspecified atom stereocenters. The topological polar surface area (TPSA) is 49.4 Å². The summed E-state index contributed by atoms with van der Waals surface area (Å²) in [5.74, 6) is 0.0652. The number of hydrogen-bond acceptors (Lipinski definition) is 3. The Bertz CT molecular complexity index is 639. The number of nitrogens with one attached hydrogen (secondary N) is 1.